The van der Waals surface area contributed by atoms with E-state index in [2.05, 4.69) is 98.9 Å². The van der Waals surface area contributed by atoms with Crippen LogP contribution in [0.15, 0.2) is 85.1 Å². The molecule has 1 N–H and O–H groups in total. The number of allylic oxidation sites excluding steroid dienone is 14. The Morgan fingerprint density at radius 2 is 0.694 bits per heavy atom. The van der Waals surface area contributed by atoms with E-state index in [0.29, 0.717) is 12.8 Å². The lowest BCUT2D eigenvalue weighted by atomic mass is 10.0. The van der Waals surface area contributed by atoms with Gasteiger partial charge in [-0.3, -0.25) is 9.59 Å². The van der Waals surface area contributed by atoms with Gasteiger partial charge in [0.05, 0.1) is 6.61 Å². The first-order valence-corrected chi connectivity index (χ1v) is 26.1. The molecule has 62 heavy (non-hydrogen) atoms. The Balaban J connectivity index is 3.57. The van der Waals surface area contributed by atoms with E-state index < -0.39 is 6.10 Å². The van der Waals surface area contributed by atoms with Gasteiger partial charge >= 0.3 is 11.9 Å². The highest BCUT2D eigenvalue weighted by molar-refractivity contribution is 5.70. The lowest BCUT2D eigenvalue weighted by molar-refractivity contribution is -0.161. The summed E-state index contributed by atoms with van der Waals surface area (Å²) in [4.78, 5) is 24.5. The predicted molar refractivity (Wildman–Crippen MR) is 269 cm³/mol. The molecule has 0 heterocycles. The molecule has 1 atom stereocenters. The van der Waals surface area contributed by atoms with Crippen LogP contribution >= 0.6 is 0 Å². The number of unbranched alkanes of at least 4 members (excludes halogenated alkanes) is 25. The zero-order valence-electron chi connectivity index (χ0n) is 40.6. The molecule has 0 spiro atoms. The molecular weight excluding hydrogens is 765 g/mol. The standard InChI is InChI=1S/C57H98O5/c1-3-5-7-9-11-13-15-17-19-21-23-24-25-26-27-28-29-30-31-32-34-36-38-40-42-44-46-48-50-52-57(60)62-55(53-58)54-61-56(59)51-49-47-45-43-41-39-37-35-33-22-20-18-16-14-12-10-8-6-4-2/h5,7,11,13,17,19,23-24,26-27,29-30,32,34,55,58H,3-4,6,8-10,12,14-16,18,20-22,25,28,31,33,35-54H2,1-2H3/b7-5-,13-11-,19-17-,24-23-,27-26-,30-29-,34-32-. The minimum Gasteiger partial charge on any atom is -0.462 e. The predicted octanol–water partition coefficient (Wildman–Crippen LogP) is 17.4. The van der Waals surface area contributed by atoms with E-state index in [9.17, 15) is 14.7 Å². The highest BCUT2D eigenvalue weighted by Crippen LogP contribution is 2.16. The van der Waals surface area contributed by atoms with Crippen LogP contribution in [0.25, 0.3) is 0 Å². The fourth-order valence-corrected chi connectivity index (χ4v) is 7.30. The summed E-state index contributed by atoms with van der Waals surface area (Å²) in [6, 6.07) is 0. The molecule has 0 bridgehead atoms. The summed E-state index contributed by atoms with van der Waals surface area (Å²) in [5.41, 5.74) is 0. The van der Waals surface area contributed by atoms with Crippen molar-refractivity contribution in [3.8, 4) is 0 Å². The van der Waals surface area contributed by atoms with Crippen molar-refractivity contribution in [2.75, 3.05) is 13.2 Å². The maximum atomic E-state index is 12.3. The molecule has 0 saturated carbocycles. The Labute approximate surface area is 384 Å². The maximum Gasteiger partial charge on any atom is 0.306 e. The van der Waals surface area contributed by atoms with E-state index in [-0.39, 0.29) is 25.2 Å². The molecule has 5 heteroatoms. The van der Waals surface area contributed by atoms with E-state index >= 15 is 0 Å². The lowest BCUT2D eigenvalue weighted by Crippen LogP contribution is -2.28. The summed E-state index contributed by atoms with van der Waals surface area (Å²) in [5.74, 6) is -0.599. The number of carbonyl (C=O) groups is 2. The van der Waals surface area contributed by atoms with E-state index in [1.54, 1.807) is 0 Å². The Bertz CT molecular complexity index is 1160. The molecule has 1 unspecified atom stereocenters. The molecule has 0 radical (unpaired) electrons. The monoisotopic (exact) mass is 863 g/mol. The molecule has 0 fully saturated rings. The molecule has 0 aromatic rings. The summed E-state index contributed by atoms with van der Waals surface area (Å²) >= 11 is 0. The second-order valence-corrected chi connectivity index (χ2v) is 17.2. The van der Waals surface area contributed by atoms with Gasteiger partial charge in [-0.05, 0) is 70.6 Å². The van der Waals surface area contributed by atoms with E-state index in [4.69, 9.17) is 9.47 Å². The van der Waals surface area contributed by atoms with Crippen LogP contribution in [-0.4, -0.2) is 36.4 Å². The molecule has 0 aliphatic carbocycles. The van der Waals surface area contributed by atoms with Crippen molar-refractivity contribution in [2.24, 2.45) is 0 Å². The molecule has 0 saturated heterocycles. The molecule has 0 aromatic heterocycles. The summed E-state index contributed by atoms with van der Waals surface area (Å²) in [6.07, 6.45) is 72.5. The summed E-state index contributed by atoms with van der Waals surface area (Å²) in [7, 11) is 0. The van der Waals surface area contributed by atoms with Gasteiger partial charge in [0.25, 0.3) is 0 Å². The number of aliphatic hydroxyl groups excluding tert-OH is 1. The van der Waals surface area contributed by atoms with Crippen molar-refractivity contribution in [1.29, 1.82) is 0 Å². The summed E-state index contributed by atoms with van der Waals surface area (Å²) < 4.78 is 10.7. The zero-order chi connectivity index (χ0) is 44.9. The van der Waals surface area contributed by atoms with Crippen LogP contribution in [0, 0.1) is 0 Å². The number of rotatable bonds is 47. The van der Waals surface area contributed by atoms with Gasteiger partial charge in [-0.1, -0.05) is 247 Å². The van der Waals surface area contributed by atoms with E-state index in [1.165, 1.54) is 128 Å². The highest BCUT2D eigenvalue weighted by atomic mass is 16.6. The molecule has 5 nitrogen and oxygen atoms in total. The van der Waals surface area contributed by atoms with Gasteiger partial charge in [0.1, 0.15) is 6.61 Å². The minimum atomic E-state index is -0.781. The Morgan fingerprint density at radius 1 is 0.387 bits per heavy atom. The molecule has 356 valence electrons. The lowest BCUT2D eigenvalue weighted by Gasteiger charge is -2.15. The van der Waals surface area contributed by atoms with Gasteiger partial charge in [0.15, 0.2) is 6.10 Å². The van der Waals surface area contributed by atoms with E-state index in [0.717, 1.165) is 89.9 Å². The SMILES string of the molecule is CC/C=C\C/C=C\C/C=C\C/C=C\C/C=C\C/C=C\C/C=C\CCCCCCCCCC(=O)OC(CO)COC(=O)CCCCCCCCCCCCCCCCCCCCC. The Hall–Kier alpha value is -2.92. The van der Waals surface area contributed by atoms with Crippen molar-refractivity contribution >= 4 is 11.9 Å². The third-order valence-electron chi connectivity index (χ3n) is 11.2. The van der Waals surface area contributed by atoms with Gasteiger partial charge in [-0.2, -0.15) is 0 Å². The van der Waals surface area contributed by atoms with Gasteiger partial charge < -0.3 is 14.6 Å². The molecule has 0 aliphatic heterocycles. The van der Waals surface area contributed by atoms with Gasteiger partial charge in [0.2, 0.25) is 0 Å². The van der Waals surface area contributed by atoms with Crippen LogP contribution in [-0.2, 0) is 19.1 Å². The first-order chi connectivity index (χ1) is 30.6. The van der Waals surface area contributed by atoms with Crippen LogP contribution in [0.4, 0.5) is 0 Å². The topological polar surface area (TPSA) is 72.8 Å². The largest absolute Gasteiger partial charge is 0.462 e. The third-order valence-corrected chi connectivity index (χ3v) is 11.2. The zero-order valence-corrected chi connectivity index (χ0v) is 40.6. The van der Waals surface area contributed by atoms with Gasteiger partial charge in [-0.15, -0.1) is 0 Å². The molecular formula is C57H98O5. The highest BCUT2D eigenvalue weighted by Gasteiger charge is 2.16. The summed E-state index contributed by atoms with van der Waals surface area (Å²) in [5, 5.41) is 9.63. The first-order valence-electron chi connectivity index (χ1n) is 26.1. The Morgan fingerprint density at radius 3 is 1.05 bits per heavy atom. The fraction of sp³-hybridized carbons (Fsp3) is 0.719. The average Bonchev–Trinajstić information content (AvgIpc) is 3.28. The van der Waals surface area contributed by atoms with Crippen LogP contribution in [0.1, 0.15) is 245 Å². The fourth-order valence-electron chi connectivity index (χ4n) is 7.30. The van der Waals surface area contributed by atoms with Crippen molar-refractivity contribution < 1.29 is 24.2 Å². The average molecular weight is 863 g/mol. The van der Waals surface area contributed by atoms with Crippen LogP contribution in [0.3, 0.4) is 0 Å². The second kappa shape index (κ2) is 52.4. The van der Waals surface area contributed by atoms with Gasteiger partial charge in [0, 0.05) is 12.8 Å². The number of ether oxygens (including phenoxy) is 2. The van der Waals surface area contributed by atoms with Crippen molar-refractivity contribution in [3.63, 3.8) is 0 Å². The first kappa shape index (κ1) is 59.1. The number of aliphatic hydroxyl groups is 1. The number of carbonyl (C=O) groups excluding carboxylic acids is 2. The van der Waals surface area contributed by atoms with Crippen molar-refractivity contribution in [3.05, 3.63) is 85.1 Å². The van der Waals surface area contributed by atoms with Crippen LogP contribution < -0.4 is 0 Å². The quantitative estimate of drug-likeness (QED) is 0.0375. The molecule has 0 aromatic carbocycles. The molecule has 0 rings (SSSR count). The molecule has 0 amide bonds. The third kappa shape index (κ3) is 49.7. The number of esters is 2. The molecule has 0 aliphatic rings. The second-order valence-electron chi connectivity index (χ2n) is 17.2. The maximum absolute atomic E-state index is 12.3. The minimum absolute atomic E-state index is 0.0715. The number of hydrogen-bond acceptors (Lipinski definition) is 5. The normalized spacial score (nSPS) is 12.9. The summed E-state index contributed by atoms with van der Waals surface area (Å²) in [6.45, 7) is 4.04. The Kier molecular flexibility index (Phi) is 50.0. The van der Waals surface area contributed by atoms with E-state index in [1.807, 2.05) is 0 Å². The van der Waals surface area contributed by atoms with Crippen LogP contribution in [0.5, 0.6) is 0 Å². The van der Waals surface area contributed by atoms with Crippen molar-refractivity contribution in [1.82, 2.24) is 0 Å². The van der Waals surface area contributed by atoms with Crippen molar-refractivity contribution in [2.45, 2.75) is 251 Å². The van der Waals surface area contributed by atoms with Crippen LogP contribution in [0.2, 0.25) is 0 Å². The smallest absolute Gasteiger partial charge is 0.306 e. The number of hydrogen-bond donors (Lipinski definition) is 1. The van der Waals surface area contributed by atoms with Gasteiger partial charge in [-0.25, -0.2) is 0 Å².